The van der Waals surface area contributed by atoms with Gasteiger partial charge in [-0.3, -0.25) is 0 Å². The zero-order chi connectivity index (χ0) is 29.4. The van der Waals surface area contributed by atoms with Crippen molar-refractivity contribution in [1.29, 1.82) is 0 Å². The first-order chi connectivity index (χ1) is 18.4. The molecule has 2 aliphatic carbocycles. The summed E-state index contributed by atoms with van der Waals surface area (Å²) in [6, 6.07) is 10.0. The van der Waals surface area contributed by atoms with E-state index in [-0.39, 0.29) is 29.2 Å². The number of alkyl halides is 9. The topological polar surface area (TPSA) is 43.4 Å². The fourth-order valence-electron chi connectivity index (χ4n) is 5.86. The molecule has 0 amide bonds. The van der Waals surface area contributed by atoms with Gasteiger partial charge in [-0.15, -0.1) is 11.8 Å². The van der Waals surface area contributed by atoms with Gasteiger partial charge in [0.2, 0.25) is 0 Å². The molecule has 5 rings (SSSR count). The van der Waals surface area contributed by atoms with Gasteiger partial charge in [0, 0.05) is 26.5 Å². The lowest BCUT2D eigenvalue weighted by molar-refractivity contribution is -0.382. The second-order valence-corrected chi connectivity index (χ2v) is 16.8. The third-order valence-corrected chi connectivity index (χ3v) is 15.1. The van der Waals surface area contributed by atoms with Crippen molar-refractivity contribution in [2.75, 3.05) is 11.5 Å². The lowest BCUT2D eigenvalue weighted by Crippen LogP contribution is -2.63. The van der Waals surface area contributed by atoms with Crippen molar-refractivity contribution in [2.45, 2.75) is 76.8 Å². The average molecular weight is 641 g/mol. The number of halogens is 9. The third kappa shape index (κ3) is 4.80. The highest BCUT2D eigenvalue weighted by molar-refractivity contribution is 8.33. The molecular formula is C25H25F9O3S3. The molecule has 2 aromatic carbocycles. The number of benzene rings is 2. The molecule has 1 aliphatic heterocycles. The molecule has 1 heterocycles. The van der Waals surface area contributed by atoms with Crippen LogP contribution in [0.3, 0.4) is 0 Å². The molecule has 2 aromatic rings. The van der Waals surface area contributed by atoms with Crippen LogP contribution >= 0.6 is 22.1 Å². The van der Waals surface area contributed by atoms with Crippen LogP contribution in [0.4, 0.5) is 39.5 Å². The van der Waals surface area contributed by atoms with Crippen molar-refractivity contribution in [3.05, 3.63) is 36.4 Å². The minimum Gasteiger partial charge on any atom is -0.211 e. The molecular weight excluding hydrogens is 615 g/mol. The van der Waals surface area contributed by atoms with Crippen molar-refractivity contribution in [3.8, 4) is 0 Å². The summed E-state index contributed by atoms with van der Waals surface area (Å²) < 4.78 is 151. The summed E-state index contributed by atoms with van der Waals surface area (Å²) in [4.78, 5) is 1.11. The molecule has 40 heavy (non-hydrogen) atoms. The van der Waals surface area contributed by atoms with E-state index >= 15 is 0 Å². The van der Waals surface area contributed by atoms with E-state index in [1.807, 2.05) is 12.1 Å². The first-order valence-electron chi connectivity index (χ1n) is 12.6. The molecule has 15 heteroatoms. The summed E-state index contributed by atoms with van der Waals surface area (Å²) in [6.07, 6.45) is -1.76. The van der Waals surface area contributed by atoms with E-state index in [2.05, 4.69) is 3.63 Å². The second-order valence-electron chi connectivity index (χ2n) is 10.6. The Morgan fingerprint density at radius 1 is 0.800 bits per heavy atom. The molecule has 0 spiro atoms. The van der Waals surface area contributed by atoms with Crippen molar-refractivity contribution >= 4 is 43.0 Å². The Hall–Kier alpha value is -1.32. The largest absolute Gasteiger partial charge is 0.460 e. The fourth-order valence-corrected chi connectivity index (χ4v) is 13.0. The predicted octanol–water partition coefficient (Wildman–Crippen LogP) is 8.76. The smallest absolute Gasteiger partial charge is 0.211 e. The Bertz CT molecular complexity index is 1390. The maximum atomic E-state index is 14.4. The van der Waals surface area contributed by atoms with Crippen LogP contribution in [0.5, 0.6) is 0 Å². The average Bonchev–Trinajstić information content (AvgIpc) is 3.61. The van der Waals surface area contributed by atoms with E-state index in [1.54, 1.807) is 23.9 Å². The zero-order valence-corrected chi connectivity index (χ0v) is 23.2. The first kappa shape index (κ1) is 30.1. The van der Waals surface area contributed by atoms with Crippen LogP contribution in [0.2, 0.25) is 0 Å². The molecule has 3 aliphatic rings. The van der Waals surface area contributed by atoms with Crippen molar-refractivity contribution in [2.24, 2.45) is 11.8 Å². The van der Waals surface area contributed by atoms with Crippen LogP contribution in [-0.4, -0.2) is 48.4 Å². The molecule has 3 nitrogen and oxygen atoms in total. The molecule has 2 bridgehead atoms. The van der Waals surface area contributed by atoms with Crippen LogP contribution in [0.1, 0.15) is 38.5 Å². The molecule has 3 fully saturated rings. The van der Waals surface area contributed by atoms with Crippen LogP contribution in [0.15, 0.2) is 46.2 Å². The van der Waals surface area contributed by atoms with E-state index in [0.717, 1.165) is 22.6 Å². The SMILES string of the molecule is O=S(=O)(OS1(c2ccc3cc(SC4CC5CCC4C5)ccc3c2)CCCC1)C(F)(F)C(F)(F)C(F)(F)C(F)(F)F. The Labute approximate surface area is 230 Å². The number of fused-ring (bicyclic) bond motifs is 3. The van der Waals surface area contributed by atoms with Gasteiger partial charge in [0.1, 0.15) is 0 Å². The van der Waals surface area contributed by atoms with E-state index in [0.29, 0.717) is 16.6 Å². The van der Waals surface area contributed by atoms with Crippen molar-refractivity contribution < 1.29 is 51.6 Å². The van der Waals surface area contributed by atoms with Gasteiger partial charge in [-0.2, -0.15) is 47.9 Å². The summed E-state index contributed by atoms with van der Waals surface area (Å²) in [5.74, 6) is -13.6. The van der Waals surface area contributed by atoms with Gasteiger partial charge in [-0.05, 0) is 79.0 Å². The first-order valence-corrected chi connectivity index (χ1v) is 16.7. The van der Waals surface area contributed by atoms with Crippen LogP contribution in [-0.2, 0) is 13.7 Å². The van der Waals surface area contributed by atoms with Gasteiger partial charge in [0.15, 0.2) is 0 Å². The standard InChI is InChI=1S/C25H25F9O3S3/c26-22(27,24(30,31)32)23(28,29)25(33,34)40(35,36)37-39(9-1-2-10-39)20-8-6-16-13-19(7-5-17(16)14-20)38-21-12-15-3-4-18(21)11-15/h5-8,13-15,18,21H,1-4,9-12H2. The number of hydrogen-bond acceptors (Lipinski definition) is 4. The lowest BCUT2D eigenvalue weighted by atomic mass is 10.0. The Morgan fingerprint density at radius 2 is 1.43 bits per heavy atom. The van der Waals surface area contributed by atoms with E-state index < -0.39 is 43.7 Å². The van der Waals surface area contributed by atoms with Gasteiger partial charge in [0.05, 0.1) is 0 Å². The lowest BCUT2D eigenvalue weighted by Gasteiger charge is -2.38. The second kappa shape index (κ2) is 9.87. The van der Waals surface area contributed by atoms with Crippen LogP contribution < -0.4 is 0 Å². The minimum atomic E-state index is -7.34. The normalized spacial score (nSPS) is 26.5. The maximum absolute atomic E-state index is 14.4. The highest BCUT2D eigenvalue weighted by Crippen LogP contribution is 2.65. The number of rotatable bonds is 8. The van der Waals surface area contributed by atoms with Gasteiger partial charge in [-0.25, -0.2) is 3.63 Å². The van der Waals surface area contributed by atoms with Gasteiger partial charge in [-0.1, -0.05) is 28.9 Å². The minimum absolute atomic E-state index is 0.0938. The van der Waals surface area contributed by atoms with E-state index in [4.69, 9.17) is 0 Å². The summed E-state index contributed by atoms with van der Waals surface area (Å²) in [7, 11) is -10.2. The highest BCUT2D eigenvalue weighted by Gasteiger charge is 2.86. The summed E-state index contributed by atoms with van der Waals surface area (Å²) >= 11 is 1.78. The van der Waals surface area contributed by atoms with Gasteiger partial charge in [0.25, 0.3) is 0 Å². The third-order valence-electron chi connectivity index (χ3n) is 8.02. The van der Waals surface area contributed by atoms with Gasteiger partial charge >= 0.3 is 33.4 Å². The van der Waals surface area contributed by atoms with Crippen LogP contribution in [0.25, 0.3) is 10.8 Å². The quantitative estimate of drug-likeness (QED) is 0.271. The molecule has 0 radical (unpaired) electrons. The molecule has 2 saturated carbocycles. The molecule has 0 aromatic heterocycles. The van der Waals surface area contributed by atoms with Crippen molar-refractivity contribution in [3.63, 3.8) is 0 Å². The molecule has 3 unspecified atom stereocenters. The fraction of sp³-hybridized carbons (Fsp3) is 0.600. The summed E-state index contributed by atoms with van der Waals surface area (Å²) in [5.41, 5.74) is 0. The van der Waals surface area contributed by atoms with Crippen molar-refractivity contribution in [1.82, 2.24) is 0 Å². The van der Waals surface area contributed by atoms with E-state index in [1.165, 1.54) is 31.4 Å². The molecule has 0 N–H and O–H groups in total. The Kier molecular flexibility index (Phi) is 7.44. The Balaban J connectivity index is 1.43. The highest BCUT2D eigenvalue weighted by atomic mass is 32.3. The number of hydrogen-bond donors (Lipinski definition) is 0. The summed E-state index contributed by atoms with van der Waals surface area (Å²) in [5, 5.41) is -5.03. The zero-order valence-electron chi connectivity index (χ0n) is 20.7. The molecule has 224 valence electrons. The number of thioether (sulfide) groups is 1. The monoisotopic (exact) mass is 640 g/mol. The van der Waals surface area contributed by atoms with Gasteiger partial charge < -0.3 is 0 Å². The molecule has 1 saturated heterocycles. The predicted molar refractivity (Wildman–Crippen MR) is 135 cm³/mol. The van der Waals surface area contributed by atoms with E-state index in [9.17, 15) is 47.9 Å². The Morgan fingerprint density at radius 3 is 2.00 bits per heavy atom. The van der Waals surface area contributed by atoms with Crippen LogP contribution in [0, 0.1) is 11.8 Å². The maximum Gasteiger partial charge on any atom is 0.460 e. The molecule has 3 atom stereocenters. The summed E-state index contributed by atoms with van der Waals surface area (Å²) in [6.45, 7) is 0.